The highest BCUT2D eigenvalue weighted by Gasteiger charge is 2.55. The SMILES string of the molecule is COc1cc2c(cc1-c1cnc(C)nc1)c(C(C)=O)cn2CC(=O)N1C[C@H](F)C[C@@]1(C(N)=O)c1cccc(Br)n1. The van der Waals surface area contributed by atoms with Crippen LogP contribution in [0.25, 0.3) is 22.0 Å². The van der Waals surface area contributed by atoms with Gasteiger partial charge in [0.05, 0.1) is 24.9 Å². The van der Waals surface area contributed by atoms with Crippen LogP contribution in [-0.4, -0.2) is 61.8 Å². The average Bonchev–Trinajstić information content (AvgIpc) is 3.46. The number of alkyl halides is 1. The number of primary amides is 1. The lowest BCUT2D eigenvalue weighted by molar-refractivity contribution is -0.144. The molecule has 2 N–H and O–H groups in total. The third kappa shape index (κ3) is 4.61. The van der Waals surface area contributed by atoms with Gasteiger partial charge in [-0.25, -0.2) is 19.3 Å². The van der Waals surface area contributed by atoms with Crippen LogP contribution < -0.4 is 10.5 Å². The molecule has 0 bridgehead atoms. The van der Waals surface area contributed by atoms with Crippen LogP contribution >= 0.6 is 15.9 Å². The molecule has 1 saturated heterocycles. The minimum Gasteiger partial charge on any atom is -0.496 e. The molecule has 1 aliphatic rings. The van der Waals surface area contributed by atoms with Gasteiger partial charge >= 0.3 is 0 Å². The standard InChI is InChI=1S/C28H26BrFN6O4/c1-15(37)21-13-35(22-8-23(40-3)19(7-20(21)22)17-10-32-16(2)33-11-17)14-26(38)36-12-18(30)9-28(36,27(31)39)24-5-4-6-25(29)34-24/h4-8,10-11,13,18H,9,12,14H2,1-3H3,(H2,31,39)/t18-,28+/m1/s1. The maximum atomic E-state index is 14.9. The fourth-order valence-electron chi connectivity index (χ4n) is 5.29. The first-order valence-electron chi connectivity index (χ1n) is 12.4. The zero-order valence-electron chi connectivity index (χ0n) is 22.0. The van der Waals surface area contributed by atoms with E-state index in [-0.39, 0.29) is 31.0 Å². The van der Waals surface area contributed by atoms with Crippen LogP contribution in [0.4, 0.5) is 4.39 Å². The molecule has 0 unspecified atom stereocenters. The minimum absolute atomic E-state index is 0.177. The second-order valence-corrected chi connectivity index (χ2v) is 10.5. The van der Waals surface area contributed by atoms with E-state index in [9.17, 15) is 18.8 Å². The number of benzene rings is 1. The van der Waals surface area contributed by atoms with Crippen molar-refractivity contribution in [1.82, 2.24) is 24.4 Å². The van der Waals surface area contributed by atoms with Gasteiger partial charge in [0.15, 0.2) is 11.3 Å². The van der Waals surface area contributed by atoms with Crippen molar-refractivity contribution in [3.63, 3.8) is 0 Å². The molecule has 1 aliphatic heterocycles. The van der Waals surface area contributed by atoms with Gasteiger partial charge in [0.25, 0.3) is 0 Å². The lowest BCUT2D eigenvalue weighted by Crippen LogP contribution is -2.54. The number of nitrogens with two attached hydrogens (primary N) is 1. The maximum absolute atomic E-state index is 14.9. The Labute approximate surface area is 237 Å². The number of carbonyl (C=O) groups is 3. The molecule has 10 nitrogen and oxygen atoms in total. The largest absolute Gasteiger partial charge is 0.496 e. The first kappa shape index (κ1) is 27.4. The second kappa shape index (κ2) is 10.4. The van der Waals surface area contributed by atoms with Crippen molar-refractivity contribution in [1.29, 1.82) is 0 Å². The van der Waals surface area contributed by atoms with Gasteiger partial charge in [0, 0.05) is 53.2 Å². The molecule has 4 aromatic rings. The van der Waals surface area contributed by atoms with E-state index in [1.165, 1.54) is 14.0 Å². The van der Waals surface area contributed by atoms with Crippen molar-refractivity contribution in [2.45, 2.75) is 38.5 Å². The minimum atomic E-state index is -1.76. The molecule has 0 aliphatic carbocycles. The van der Waals surface area contributed by atoms with Crippen LogP contribution in [0.3, 0.4) is 0 Å². The average molecular weight is 609 g/mol. The number of fused-ring (bicyclic) bond motifs is 1. The van der Waals surface area contributed by atoms with E-state index in [1.54, 1.807) is 60.4 Å². The Morgan fingerprint density at radius 2 is 1.95 bits per heavy atom. The summed E-state index contributed by atoms with van der Waals surface area (Å²) in [5.41, 5.74) is 6.54. The highest BCUT2D eigenvalue weighted by atomic mass is 79.9. The summed E-state index contributed by atoms with van der Waals surface area (Å²) in [7, 11) is 1.52. The van der Waals surface area contributed by atoms with Gasteiger partial charge in [-0.3, -0.25) is 14.4 Å². The highest BCUT2D eigenvalue weighted by Crippen LogP contribution is 2.41. The summed E-state index contributed by atoms with van der Waals surface area (Å²) < 4.78 is 22.5. The van der Waals surface area contributed by atoms with E-state index in [4.69, 9.17) is 10.5 Å². The van der Waals surface area contributed by atoms with Crippen LogP contribution in [0, 0.1) is 6.92 Å². The monoisotopic (exact) mass is 608 g/mol. The normalized spacial score (nSPS) is 18.7. The molecule has 12 heteroatoms. The molecule has 2 atom stereocenters. The topological polar surface area (TPSA) is 133 Å². The molecular formula is C28H26BrFN6O4. The number of nitrogens with zero attached hydrogens (tertiary/aromatic N) is 5. The molecule has 1 fully saturated rings. The Bertz CT molecular complexity index is 1660. The summed E-state index contributed by atoms with van der Waals surface area (Å²) in [6, 6.07) is 8.38. The first-order valence-corrected chi connectivity index (χ1v) is 13.2. The molecule has 0 spiro atoms. The molecule has 2 amide bonds. The quantitative estimate of drug-likeness (QED) is 0.249. The number of hydrogen-bond acceptors (Lipinski definition) is 7. The Morgan fingerprint density at radius 1 is 1.23 bits per heavy atom. The molecule has 0 saturated carbocycles. The van der Waals surface area contributed by atoms with E-state index in [0.717, 1.165) is 4.90 Å². The number of Topliss-reactive ketones (excluding diaryl/α,β-unsaturated/α-hetero) is 1. The van der Waals surface area contributed by atoms with Gasteiger partial charge in [0.1, 0.15) is 28.9 Å². The van der Waals surface area contributed by atoms with E-state index < -0.39 is 23.5 Å². The molecular weight excluding hydrogens is 583 g/mol. The molecule has 1 aromatic carbocycles. The number of amides is 2. The Morgan fingerprint density at radius 3 is 2.58 bits per heavy atom. The van der Waals surface area contributed by atoms with Crippen LogP contribution in [0.5, 0.6) is 5.75 Å². The summed E-state index contributed by atoms with van der Waals surface area (Å²) in [4.78, 5) is 53.3. The number of likely N-dealkylation sites (tertiary alicyclic amines) is 1. The lowest BCUT2D eigenvalue weighted by Gasteiger charge is -2.35. The number of rotatable bonds is 7. The van der Waals surface area contributed by atoms with Crippen LogP contribution in [0.1, 0.15) is 35.2 Å². The summed E-state index contributed by atoms with van der Waals surface area (Å²) in [6.07, 6.45) is 3.12. The highest BCUT2D eigenvalue weighted by molar-refractivity contribution is 9.10. The number of methoxy groups -OCH3 is 1. The van der Waals surface area contributed by atoms with Crippen molar-refractivity contribution in [2.75, 3.05) is 13.7 Å². The third-order valence-electron chi connectivity index (χ3n) is 7.19. The van der Waals surface area contributed by atoms with Gasteiger partial charge in [-0.15, -0.1) is 0 Å². The van der Waals surface area contributed by atoms with Crippen molar-refractivity contribution in [3.8, 4) is 16.9 Å². The van der Waals surface area contributed by atoms with Crippen LogP contribution in [0.2, 0.25) is 0 Å². The van der Waals surface area contributed by atoms with Gasteiger partial charge in [-0.2, -0.15) is 0 Å². The molecule has 4 heterocycles. The summed E-state index contributed by atoms with van der Waals surface area (Å²) >= 11 is 3.28. The number of ether oxygens (including phenoxy) is 1. The zero-order chi connectivity index (χ0) is 28.8. The fraction of sp³-hybridized carbons (Fsp3) is 0.286. The number of carbonyl (C=O) groups excluding carboxylic acids is 3. The molecule has 206 valence electrons. The molecule has 0 radical (unpaired) electrons. The maximum Gasteiger partial charge on any atom is 0.249 e. The lowest BCUT2D eigenvalue weighted by atomic mass is 9.90. The predicted octanol–water partition coefficient (Wildman–Crippen LogP) is 3.73. The van der Waals surface area contributed by atoms with Gasteiger partial charge in [-0.1, -0.05) is 6.07 Å². The van der Waals surface area contributed by atoms with E-state index >= 15 is 0 Å². The van der Waals surface area contributed by atoms with Gasteiger partial charge < -0.3 is 19.9 Å². The summed E-state index contributed by atoms with van der Waals surface area (Å²) in [5.74, 6) is -0.540. The zero-order valence-corrected chi connectivity index (χ0v) is 23.6. The number of halogens is 2. The Kier molecular flexibility index (Phi) is 7.13. The van der Waals surface area contributed by atoms with E-state index in [2.05, 4.69) is 30.9 Å². The van der Waals surface area contributed by atoms with Crippen molar-refractivity contribution in [3.05, 3.63) is 70.6 Å². The number of pyridine rings is 1. The van der Waals surface area contributed by atoms with E-state index in [0.29, 0.717) is 43.8 Å². The molecule has 3 aromatic heterocycles. The molecule has 5 rings (SSSR count). The Balaban J connectivity index is 1.60. The van der Waals surface area contributed by atoms with E-state index in [1.807, 2.05) is 0 Å². The number of aryl methyl sites for hydroxylation is 1. The van der Waals surface area contributed by atoms with Crippen molar-refractivity contribution < 1.29 is 23.5 Å². The Hall–Kier alpha value is -4.19. The fourth-order valence-corrected chi connectivity index (χ4v) is 5.63. The summed E-state index contributed by atoms with van der Waals surface area (Å²) in [5, 5.41) is 0.594. The number of hydrogen-bond donors (Lipinski definition) is 1. The van der Waals surface area contributed by atoms with Crippen LogP contribution in [0.15, 0.2) is 53.5 Å². The molecule has 40 heavy (non-hydrogen) atoms. The number of ketones is 1. The number of aromatic nitrogens is 4. The second-order valence-electron chi connectivity index (χ2n) is 9.69. The van der Waals surface area contributed by atoms with Crippen LogP contribution in [-0.2, 0) is 21.7 Å². The van der Waals surface area contributed by atoms with Crippen molar-refractivity contribution >= 4 is 44.4 Å². The smallest absolute Gasteiger partial charge is 0.249 e. The van der Waals surface area contributed by atoms with Gasteiger partial charge in [0.2, 0.25) is 11.8 Å². The first-order chi connectivity index (χ1) is 19.0. The summed E-state index contributed by atoms with van der Waals surface area (Å²) in [6.45, 7) is 2.61. The predicted molar refractivity (Wildman–Crippen MR) is 148 cm³/mol. The third-order valence-corrected chi connectivity index (χ3v) is 7.63. The van der Waals surface area contributed by atoms with Crippen molar-refractivity contribution in [2.24, 2.45) is 5.73 Å². The van der Waals surface area contributed by atoms with Gasteiger partial charge in [-0.05, 0) is 48.0 Å².